The number of benzene rings is 1. The van der Waals surface area contributed by atoms with E-state index in [1.165, 1.54) is 12.1 Å². The first-order chi connectivity index (χ1) is 11.9. The van der Waals surface area contributed by atoms with Crippen LogP contribution in [0.15, 0.2) is 24.3 Å². The summed E-state index contributed by atoms with van der Waals surface area (Å²) in [6.07, 6.45) is 1.10. The van der Waals surface area contributed by atoms with Crippen molar-refractivity contribution in [2.75, 3.05) is 13.1 Å². The van der Waals surface area contributed by atoms with Gasteiger partial charge in [-0.2, -0.15) is 0 Å². The number of hydrogen-bond acceptors (Lipinski definition) is 4. The molecule has 1 saturated carbocycles. The molecule has 7 heteroatoms. The largest absolute Gasteiger partial charge is 0.480 e. The Labute approximate surface area is 147 Å². The average Bonchev–Trinajstić information content (AvgIpc) is 2.54. The lowest BCUT2D eigenvalue weighted by Gasteiger charge is -2.42. The van der Waals surface area contributed by atoms with Crippen molar-refractivity contribution in [3.05, 3.63) is 30.1 Å². The van der Waals surface area contributed by atoms with Crippen LogP contribution in [0.1, 0.15) is 33.1 Å². The number of likely N-dealkylation sites (N-methyl/N-ethyl adjacent to an activating group) is 1. The molecule has 0 bridgehead atoms. The first-order valence-electron chi connectivity index (χ1n) is 8.62. The van der Waals surface area contributed by atoms with E-state index in [1.54, 1.807) is 19.1 Å². The topological polar surface area (TPSA) is 78.9 Å². The Morgan fingerprint density at radius 2 is 2.04 bits per heavy atom. The first kappa shape index (κ1) is 19.2. The summed E-state index contributed by atoms with van der Waals surface area (Å²) in [5.41, 5.74) is 0. The maximum Gasteiger partial charge on any atom is 0.317 e. The number of halogens is 1. The van der Waals surface area contributed by atoms with E-state index < -0.39 is 17.9 Å². The highest BCUT2D eigenvalue weighted by Crippen LogP contribution is 2.26. The molecular formula is C18H25FN2O4. The summed E-state index contributed by atoms with van der Waals surface area (Å²) < 4.78 is 19.2. The number of para-hydroxylation sites is 1. The van der Waals surface area contributed by atoms with Crippen LogP contribution in [-0.4, -0.2) is 53.2 Å². The fourth-order valence-corrected chi connectivity index (χ4v) is 2.99. The highest BCUT2D eigenvalue weighted by Gasteiger charge is 2.35. The smallest absolute Gasteiger partial charge is 0.317 e. The molecule has 2 rings (SSSR count). The average molecular weight is 352 g/mol. The van der Waals surface area contributed by atoms with Gasteiger partial charge in [0.2, 0.25) is 0 Å². The van der Waals surface area contributed by atoms with Crippen molar-refractivity contribution in [3.63, 3.8) is 0 Å². The van der Waals surface area contributed by atoms with Crippen molar-refractivity contribution in [2.24, 2.45) is 0 Å². The molecule has 1 amide bonds. The molecule has 1 aliphatic carbocycles. The lowest BCUT2D eigenvalue weighted by molar-refractivity contribution is -0.140. The van der Waals surface area contributed by atoms with Crippen LogP contribution in [0.4, 0.5) is 4.39 Å². The van der Waals surface area contributed by atoms with Gasteiger partial charge < -0.3 is 15.2 Å². The van der Waals surface area contributed by atoms with Crippen molar-refractivity contribution in [1.82, 2.24) is 10.2 Å². The summed E-state index contributed by atoms with van der Waals surface area (Å²) in [6.45, 7) is 4.39. The van der Waals surface area contributed by atoms with Crippen molar-refractivity contribution in [2.45, 2.75) is 51.3 Å². The SMILES string of the molecule is CCC(Oc1ccccc1F)C(=O)NC1CC(N(CC)CC(=O)O)C1. The summed E-state index contributed by atoms with van der Waals surface area (Å²) in [7, 11) is 0. The predicted molar refractivity (Wildman–Crippen MR) is 90.9 cm³/mol. The third-order valence-corrected chi connectivity index (χ3v) is 4.49. The molecule has 2 N–H and O–H groups in total. The molecule has 0 aromatic heterocycles. The second kappa shape index (κ2) is 8.80. The number of nitrogens with one attached hydrogen (secondary N) is 1. The van der Waals surface area contributed by atoms with Gasteiger partial charge in [-0.25, -0.2) is 4.39 Å². The number of amides is 1. The summed E-state index contributed by atoms with van der Waals surface area (Å²) in [4.78, 5) is 25.1. The van der Waals surface area contributed by atoms with E-state index in [2.05, 4.69) is 5.32 Å². The third kappa shape index (κ3) is 5.16. The van der Waals surface area contributed by atoms with Crippen LogP contribution in [0, 0.1) is 5.82 Å². The third-order valence-electron chi connectivity index (χ3n) is 4.49. The van der Waals surface area contributed by atoms with Gasteiger partial charge in [-0.3, -0.25) is 14.5 Å². The Hall–Kier alpha value is -2.15. The Bertz CT molecular complexity index is 604. The number of hydrogen-bond donors (Lipinski definition) is 2. The van der Waals surface area contributed by atoms with E-state index in [1.807, 2.05) is 11.8 Å². The highest BCUT2D eigenvalue weighted by atomic mass is 19.1. The maximum atomic E-state index is 13.7. The molecule has 1 unspecified atom stereocenters. The number of carboxylic acids is 1. The number of ether oxygens (including phenoxy) is 1. The molecule has 1 aromatic rings. The monoisotopic (exact) mass is 352 g/mol. The van der Waals surface area contributed by atoms with Crippen molar-refractivity contribution < 1.29 is 23.8 Å². The number of rotatable bonds is 9. The van der Waals surface area contributed by atoms with Crippen LogP contribution in [0.2, 0.25) is 0 Å². The van der Waals surface area contributed by atoms with Gasteiger partial charge in [-0.1, -0.05) is 26.0 Å². The van der Waals surface area contributed by atoms with E-state index >= 15 is 0 Å². The van der Waals surface area contributed by atoms with Crippen LogP contribution >= 0.6 is 0 Å². The Morgan fingerprint density at radius 1 is 1.36 bits per heavy atom. The van der Waals surface area contributed by atoms with Gasteiger partial charge in [0.05, 0.1) is 6.54 Å². The Kier molecular flexibility index (Phi) is 6.75. The second-order valence-corrected chi connectivity index (χ2v) is 6.23. The van der Waals surface area contributed by atoms with E-state index in [4.69, 9.17) is 9.84 Å². The molecule has 0 heterocycles. The molecule has 25 heavy (non-hydrogen) atoms. The van der Waals surface area contributed by atoms with Gasteiger partial charge in [0.1, 0.15) is 0 Å². The van der Waals surface area contributed by atoms with E-state index in [0.717, 1.165) is 0 Å². The zero-order chi connectivity index (χ0) is 18.4. The molecule has 1 fully saturated rings. The first-order valence-corrected chi connectivity index (χ1v) is 8.62. The van der Waals surface area contributed by atoms with Gasteiger partial charge >= 0.3 is 5.97 Å². The van der Waals surface area contributed by atoms with Crippen LogP contribution in [0.3, 0.4) is 0 Å². The quantitative estimate of drug-likeness (QED) is 0.711. The van der Waals surface area contributed by atoms with Gasteiger partial charge in [0.15, 0.2) is 17.7 Å². The van der Waals surface area contributed by atoms with Gasteiger partial charge in [0.25, 0.3) is 5.91 Å². The zero-order valence-corrected chi connectivity index (χ0v) is 14.6. The summed E-state index contributed by atoms with van der Waals surface area (Å²) in [6, 6.07) is 6.17. The molecule has 1 atom stereocenters. The number of aliphatic carboxylic acids is 1. The van der Waals surface area contributed by atoms with E-state index in [9.17, 15) is 14.0 Å². The highest BCUT2D eigenvalue weighted by molar-refractivity contribution is 5.81. The standard InChI is InChI=1S/C18H25FN2O4/c1-3-15(25-16-8-6-5-7-14(16)19)18(24)20-12-9-13(10-12)21(4-2)11-17(22)23/h5-8,12-13,15H,3-4,9-11H2,1-2H3,(H,20,24)(H,22,23). The molecule has 1 aromatic carbocycles. The van der Waals surface area contributed by atoms with E-state index in [0.29, 0.717) is 25.8 Å². The van der Waals surface area contributed by atoms with Gasteiger partial charge in [-0.15, -0.1) is 0 Å². The molecular weight excluding hydrogens is 327 g/mol. The maximum absolute atomic E-state index is 13.7. The molecule has 1 aliphatic rings. The Balaban J connectivity index is 1.83. The van der Waals surface area contributed by atoms with E-state index in [-0.39, 0.29) is 30.3 Å². The molecule has 0 radical (unpaired) electrons. The minimum atomic E-state index is -0.848. The summed E-state index contributed by atoms with van der Waals surface area (Å²) in [5, 5.41) is 11.8. The summed E-state index contributed by atoms with van der Waals surface area (Å²) in [5.74, 6) is -1.55. The predicted octanol–water partition coefficient (Wildman–Crippen LogP) is 2.04. The zero-order valence-electron chi connectivity index (χ0n) is 14.6. The Morgan fingerprint density at radius 3 is 2.60 bits per heavy atom. The number of nitrogens with zero attached hydrogens (tertiary/aromatic N) is 1. The van der Waals surface area contributed by atoms with Crippen molar-refractivity contribution in [3.8, 4) is 5.75 Å². The molecule has 0 spiro atoms. The minimum absolute atomic E-state index is 0.00128. The van der Waals surface area contributed by atoms with Crippen molar-refractivity contribution in [1.29, 1.82) is 0 Å². The fraction of sp³-hybridized carbons (Fsp3) is 0.556. The number of carbonyl (C=O) groups excluding carboxylic acids is 1. The van der Waals surface area contributed by atoms with Crippen LogP contribution in [0.5, 0.6) is 5.75 Å². The molecule has 0 aliphatic heterocycles. The van der Waals surface area contributed by atoms with Crippen molar-refractivity contribution >= 4 is 11.9 Å². The minimum Gasteiger partial charge on any atom is -0.480 e. The normalized spacial score (nSPS) is 20.6. The molecule has 0 saturated heterocycles. The van der Waals surface area contributed by atoms with Gasteiger partial charge in [-0.05, 0) is 37.9 Å². The number of carboxylic acid groups (broad SMARTS) is 1. The fourth-order valence-electron chi connectivity index (χ4n) is 2.99. The van der Waals surface area contributed by atoms with Crippen LogP contribution in [-0.2, 0) is 9.59 Å². The molecule has 6 nitrogen and oxygen atoms in total. The number of carbonyl (C=O) groups is 2. The van der Waals surface area contributed by atoms with Crippen LogP contribution < -0.4 is 10.1 Å². The summed E-state index contributed by atoms with van der Waals surface area (Å²) >= 11 is 0. The second-order valence-electron chi connectivity index (χ2n) is 6.23. The van der Waals surface area contributed by atoms with Gasteiger partial charge in [0, 0.05) is 12.1 Å². The van der Waals surface area contributed by atoms with Crippen LogP contribution in [0.25, 0.3) is 0 Å². The molecule has 138 valence electrons. The lowest BCUT2D eigenvalue weighted by Crippen LogP contribution is -2.56. The lowest BCUT2D eigenvalue weighted by atomic mass is 9.85.